The molecule has 0 radical (unpaired) electrons. The fraction of sp³-hybridized carbons (Fsp3) is 0.545. The van der Waals surface area contributed by atoms with E-state index in [1.165, 1.54) is 0 Å². The van der Waals surface area contributed by atoms with Gasteiger partial charge < -0.3 is 14.5 Å². The predicted octanol–water partition coefficient (Wildman–Crippen LogP) is 3.35. The van der Waals surface area contributed by atoms with Crippen LogP contribution in [0.25, 0.3) is 5.57 Å². The summed E-state index contributed by atoms with van der Waals surface area (Å²) >= 11 is 0. The fourth-order valence-corrected chi connectivity index (χ4v) is 3.93. The highest BCUT2D eigenvalue weighted by molar-refractivity contribution is 5.98. The zero-order valence-corrected chi connectivity index (χ0v) is 16.6. The molecule has 2 saturated heterocycles. The van der Waals surface area contributed by atoms with Crippen molar-refractivity contribution in [3.8, 4) is 5.75 Å². The number of carbonyl (C=O) groups excluding carboxylic acids is 2. The van der Waals surface area contributed by atoms with Crippen molar-refractivity contribution in [2.24, 2.45) is 5.92 Å². The molecule has 0 N–H and O–H groups in total. The average Bonchev–Trinajstić information content (AvgIpc) is 3.18. The molecule has 2 amide bonds. The lowest BCUT2D eigenvalue weighted by atomic mass is 9.98. The molecule has 0 bridgehead atoms. The standard InChI is InChI=1S/C22H30N2O3/c1-16-10-13-23(14-11-16)22(26)20-5-4-12-24(20)21(25)15-17(2)18-6-8-19(27-3)9-7-18/h6-9,15-16,20H,4-5,10-14H2,1-3H3/b17-15+/t20-/m1/s1. The van der Waals surface area contributed by atoms with Crippen LogP contribution in [0.1, 0.15) is 45.1 Å². The van der Waals surface area contributed by atoms with E-state index < -0.39 is 0 Å². The predicted molar refractivity (Wildman–Crippen MR) is 106 cm³/mol. The molecule has 0 unspecified atom stereocenters. The second kappa shape index (κ2) is 8.59. The second-order valence-corrected chi connectivity index (χ2v) is 7.75. The van der Waals surface area contributed by atoms with E-state index in [1.807, 2.05) is 36.1 Å². The molecule has 0 spiro atoms. The summed E-state index contributed by atoms with van der Waals surface area (Å²) < 4.78 is 5.18. The monoisotopic (exact) mass is 370 g/mol. The Morgan fingerprint density at radius 3 is 2.37 bits per heavy atom. The van der Waals surface area contributed by atoms with Crippen LogP contribution < -0.4 is 4.74 Å². The van der Waals surface area contributed by atoms with E-state index in [9.17, 15) is 9.59 Å². The zero-order valence-electron chi connectivity index (χ0n) is 16.6. The molecule has 1 aromatic rings. The van der Waals surface area contributed by atoms with Gasteiger partial charge in [-0.25, -0.2) is 0 Å². The Hall–Kier alpha value is -2.30. The number of piperidine rings is 1. The Bertz CT molecular complexity index is 703. The molecule has 27 heavy (non-hydrogen) atoms. The number of allylic oxidation sites excluding steroid dienone is 1. The van der Waals surface area contributed by atoms with Gasteiger partial charge in [0.15, 0.2) is 0 Å². The summed E-state index contributed by atoms with van der Waals surface area (Å²) in [6.07, 6.45) is 5.44. The van der Waals surface area contributed by atoms with Gasteiger partial charge in [-0.05, 0) is 61.8 Å². The normalized spacial score (nSPS) is 21.4. The van der Waals surface area contributed by atoms with Gasteiger partial charge in [-0.1, -0.05) is 19.1 Å². The Morgan fingerprint density at radius 2 is 1.74 bits per heavy atom. The first-order valence-corrected chi connectivity index (χ1v) is 9.91. The molecule has 5 nitrogen and oxygen atoms in total. The maximum atomic E-state index is 12.9. The van der Waals surface area contributed by atoms with Gasteiger partial charge in [0.2, 0.25) is 11.8 Å². The van der Waals surface area contributed by atoms with Gasteiger partial charge in [0.25, 0.3) is 0 Å². The van der Waals surface area contributed by atoms with Gasteiger partial charge in [-0.2, -0.15) is 0 Å². The first-order chi connectivity index (χ1) is 13.0. The molecular formula is C22H30N2O3. The number of hydrogen-bond donors (Lipinski definition) is 0. The molecule has 2 aliphatic rings. The lowest BCUT2D eigenvalue weighted by Gasteiger charge is -2.34. The van der Waals surface area contributed by atoms with E-state index in [1.54, 1.807) is 18.1 Å². The van der Waals surface area contributed by atoms with Gasteiger partial charge in [-0.3, -0.25) is 9.59 Å². The van der Waals surface area contributed by atoms with Crippen molar-refractivity contribution in [2.45, 2.75) is 45.6 Å². The molecule has 2 heterocycles. The third-order valence-corrected chi connectivity index (χ3v) is 5.80. The summed E-state index contributed by atoms with van der Waals surface area (Å²) in [4.78, 5) is 29.5. The minimum absolute atomic E-state index is 0.0652. The van der Waals surface area contributed by atoms with Crippen LogP contribution in [0.2, 0.25) is 0 Å². The minimum atomic E-state index is -0.300. The largest absolute Gasteiger partial charge is 0.497 e. The highest BCUT2D eigenvalue weighted by atomic mass is 16.5. The van der Waals surface area contributed by atoms with Crippen molar-refractivity contribution < 1.29 is 14.3 Å². The molecule has 1 atom stereocenters. The van der Waals surface area contributed by atoms with Crippen molar-refractivity contribution >= 4 is 17.4 Å². The number of ether oxygens (including phenoxy) is 1. The quantitative estimate of drug-likeness (QED) is 0.764. The first-order valence-electron chi connectivity index (χ1n) is 9.91. The smallest absolute Gasteiger partial charge is 0.247 e. The number of likely N-dealkylation sites (tertiary alicyclic amines) is 2. The number of amides is 2. The number of nitrogens with zero attached hydrogens (tertiary/aromatic N) is 2. The number of hydrogen-bond acceptors (Lipinski definition) is 3. The van der Waals surface area contributed by atoms with Crippen LogP contribution in [0.4, 0.5) is 0 Å². The summed E-state index contributed by atoms with van der Waals surface area (Å²) in [6.45, 7) is 6.46. The van der Waals surface area contributed by atoms with Crippen LogP contribution in [0.5, 0.6) is 5.75 Å². The molecule has 146 valence electrons. The number of rotatable bonds is 4. The first kappa shape index (κ1) is 19.5. The highest BCUT2D eigenvalue weighted by Gasteiger charge is 2.36. The minimum Gasteiger partial charge on any atom is -0.497 e. The third kappa shape index (κ3) is 4.52. The van der Waals surface area contributed by atoms with E-state index in [0.29, 0.717) is 12.5 Å². The Balaban J connectivity index is 1.68. The number of methoxy groups -OCH3 is 1. The zero-order chi connectivity index (χ0) is 19.4. The van der Waals surface area contributed by atoms with Crippen LogP contribution in [0.3, 0.4) is 0 Å². The van der Waals surface area contributed by atoms with Crippen molar-refractivity contribution in [2.75, 3.05) is 26.7 Å². The molecule has 0 saturated carbocycles. The molecule has 0 aromatic heterocycles. The van der Waals surface area contributed by atoms with E-state index in [-0.39, 0.29) is 17.9 Å². The fourth-order valence-electron chi connectivity index (χ4n) is 3.93. The number of benzene rings is 1. The van der Waals surface area contributed by atoms with Crippen LogP contribution in [0.15, 0.2) is 30.3 Å². The van der Waals surface area contributed by atoms with Crippen molar-refractivity contribution in [3.63, 3.8) is 0 Å². The van der Waals surface area contributed by atoms with E-state index in [0.717, 1.165) is 55.7 Å². The van der Waals surface area contributed by atoms with Crippen LogP contribution in [-0.2, 0) is 9.59 Å². The van der Waals surface area contributed by atoms with E-state index in [2.05, 4.69) is 6.92 Å². The van der Waals surface area contributed by atoms with Crippen molar-refractivity contribution in [1.29, 1.82) is 0 Å². The van der Waals surface area contributed by atoms with Crippen LogP contribution in [-0.4, -0.2) is 54.4 Å². The molecule has 0 aliphatic carbocycles. The van der Waals surface area contributed by atoms with E-state index >= 15 is 0 Å². The van der Waals surface area contributed by atoms with Crippen molar-refractivity contribution in [3.05, 3.63) is 35.9 Å². The summed E-state index contributed by atoms with van der Waals surface area (Å²) in [6, 6.07) is 7.36. The highest BCUT2D eigenvalue weighted by Crippen LogP contribution is 2.25. The Morgan fingerprint density at radius 1 is 1.07 bits per heavy atom. The summed E-state index contributed by atoms with van der Waals surface area (Å²) in [5.74, 6) is 1.54. The third-order valence-electron chi connectivity index (χ3n) is 5.80. The molecule has 2 aliphatic heterocycles. The topological polar surface area (TPSA) is 49.9 Å². The summed E-state index contributed by atoms with van der Waals surface area (Å²) in [5.41, 5.74) is 1.88. The van der Waals surface area contributed by atoms with E-state index in [4.69, 9.17) is 4.74 Å². The van der Waals surface area contributed by atoms with Gasteiger partial charge in [0.1, 0.15) is 11.8 Å². The van der Waals surface area contributed by atoms with Crippen molar-refractivity contribution in [1.82, 2.24) is 9.80 Å². The van der Waals surface area contributed by atoms with Gasteiger partial charge >= 0.3 is 0 Å². The van der Waals surface area contributed by atoms with Gasteiger partial charge in [0.05, 0.1) is 7.11 Å². The average molecular weight is 370 g/mol. The lowest BCUT2D eigenvalue weighted by molar-refractivity contribution is -0.142. The maximum Gasteiger partial charge on any atom is 0.247 e. The maximum absolute atomic E-state index is 12.9. The summed E-state index contributed by atoms with van der Waals surface area (Å²) in [5, 5.41) is 0. The molecule has 2 fully saturated rings. The Labute approximate surface area is 162 Å². The Kier molecular flexibility index (Phi) is 6.19. The van der Waals surface area contributed by atoms with Crippen LogP contribution >= 0.6 is 0 Å². The SMILES string of the molecule is COc1ccc(/C(C)=C/C(=O)N2CCC[C@@H]2C(=O)N2CCC(C)CC2)cc1. The lowest BCUT2D eigenvalue weighted by Crippen LogP contribution is -2.49. The van der Waals surface area contributed by atoms with Gasteiger partial charge in [-0.15, -0.1) is 0 Å². The van der Waals surface area contributed by atoms with Gasteiger partial charge in [0, 0.05) is 25.7 Å². The van der Waals surface area contributed by atoms with Crippen LogP contribution in [0, 0.1) is 5.92 Å². The molecule has 5 heteroatoms. The molecular weight excluding hydrogens is 340 g/mol. The molecule has 1 aromatic carbocycles. The molecule has 3 rings (SSSR count). The number of carbonyl (C=O) groups is 2. The second-order valence-electron chi connectivity index (χ2n) is 7.75. The summed E-state index contributed by atoms with van der Waals surface area (Å²) in [7, 11) is 1.63.